The van der Waals surface area contributed by atoms with E-state index in [9.17, 15) is 0 Å². The number of nitrogens with zero attached hydrogens (tertiary/aromatic N) is 1. The smallest absolute Gasteiger partial charge is 0.0558 e. The summed E-state index contributed by atoms with van der Waals surface area (Å²) < 4.78 is 0. The molecule has 116 valence electrons. The summed E-state index contributed by atoms with van der Waals surface area (Å²) >= 11 is 3.00. The lowest BCUT2D eigenvalue weighted by Gasteiger charge is -2.25. The molecule has 0 saturated carbocycles. The van der Waals surface area contributed by atoms with Gasteiger partial charge in [-0.3, -0.25) is 0 Å². The molecule has 2 aliphatic heterocycles. The third-order valence-electron chi connectivity index (χ3n) is 3.16. The first-order valence-electron chi connectivity index (χ1n) is 7.56. The standard InChI is InChI=1S/C7H15NO.C5H11N.C2H5BrO/c9-7-6-8-4-2-1-3-5-8;1-2-4-6-5-3-1;3-1-2-4/h9H,1-7H2;6H,1-5H2;4H,1-2H2. The van der Waals surface area contributed by atoms with Crippen LogP contribution in [0.3, 0.4) is 0 Å². The van der Waals surface area contributed by atoms with Gasteiger partial charge in [0.05, 0.1) is 13.2 Å². The Labute approximate surface area is 126 Å². The molecule has 0 unspecified atom stereocenters. The van der Waals surface area contributed by atoms with Crippen LogP contribution in [0.25, 0.3) is 0 Å². The second kappa shape index (κ2) is 16.4. The van der Waals surface area contributed by atoms with Crippen LogP contribution < -0.4 is 5.32 Å². The lowest BCUT2D eigenvalue weighted by atomic mass is 10.1. The Morgan fingerprint density at radius 1 is 0.842 bits per heavy atom. The van der Waals surface area contributed by atoms with E-state index < -0.39 is 0 Å². The lowest BCUT2D eigenvalue weighted by Crippen LogP contribution is -2.31. The summed E-state index contributed by atoms with van der Waals surface area (Å²) in [5, 5.41) is 20.4. The summed E-state index contributed by atoms with van der Waals surface area (Å²) in [5.41, 5.74) is 0. The van der Waals surface area contributed by atoms with Gasteiger partial charge in [-0.1, -0.05) is 28.8 Å². The van der Waals surface area contributed by atoms with Gasteiger partial charge in [0.2, 0.25) is 0 Å². The molecular weight excluding hydrogens is 308 g/mol. The van der Waals surface area contributed by atoms with E-state index in [1.807, 2.05) is 0 Å². The van der Waals surface area contributed by atoms with Crippen LogP contribution in [0, 0.1) is 0 Å². The Bertz CT molecular complexity index is 147. The van der Waals surface area contributed by atoms with Gasteiger partial charge in [0.15, 0.2) is 0 Å². The number of rotatable bonds is 3. The molecule has 0 bridgehead atoms. The molecule has 0 spiro atoms. The highest BCUT2D eigenvalue weighted by Gasteiger charge is 2.07. The maximum atomic E-state index is 8.58. The molecule has 2 saturated heterocycles. The zero-order valence-electron chi connectivity index (χ0n) is 12.1. The molecule has 3 N–H and O–H groups in total. The van der Waals surface area contributed by atoms with Crippen molar-refractivity contribution in [3.63, 3.8) is 0 Å². The van der Waals surface area contributed by atoms with E-state index in [-0.39, 0.29) is 6.61 Å². The van der Waals surface area contributed by atoms with Crippen molar-refractivity contribution in [1.82, 2.24) is 10.2 Å². The Hall–Kier alpha value is 0.320. The number of hydrogen-bond acceptors (Lipinski definition) is 4. The van der Waals surface area contributed by atoms with E-state index in [0.717, 1.165) is 6.54 Å². The molecule has 0 aromatic carbocycles. The first kappa shape index (κ1) is 19.3. The fourth-order valence-electron chi connectivity index (χ4n) is 2.13. The van der Waals surface area contributed by atoms with Gasteiger partial charge in [-0.2, -0.15) is 0 Å². The number of piperidine rings is 2. The predicted octanol–water partition coefficient (Wildman–Crippen LogP) is 1.60. The number of nitrogens with one attached hydrogen (secondary N) is 1. The SMILES string of the molecule is C1CCNCC1.OCCBr.OCCN1CCCCC1. The highest BCUT2D eigenvalue weighted by atomic mass is 79.9. The minimum absolute atomic E-state index is 0.236. The molecule has 2 fully saturated rings. The molecule has 0 radical (unpaired) electrons. The van der Waals surface area contributed by atoms with E-state index >= 15 is 0 Å². The molecule has 2 heterocycles. The Kier molecular flexibility index (Phi) is 16.7. The monoisotopic (exact) mass is 338 g/mol. The fraction of sp³-hybridized carbons (Fsp3) is 1.00. The molecule has 4 nitrogen and oxygen atoms in total. The molecule has 0 aromatic heterocycles. The van der Waals surface area contributed by atoms with Crippen LogP contribution >= 0.6 is 15.9 Å². The molecule has 0 amide bonds. The quantitative estimate of drug-likeness (QED) is 0.684. The molecule has 2 aliphatic rings. The van der Waals surface area contributed by atoms with Crippen LogP contribution in [-0.2, 0) is 0 Å². The van der Waals surface area contributed by atoms with Crippen LogP contribution in [0.2, 0.25) is 0 Å². The topological polar surface area (TPSA) is 55.7 Å². The number of hydrogen-bond donors (Lipinski definition) is 3. The van der Waals surface area contributed by atoms with E-state index in [1.165, 1.54) is 64.7 Å². The van der Waals surface area contributed by atoms with Gasteiger partial charge in [0.25, 0.3) is 0 Å². The van der Waals surface area contributed by atoms with Crippen molar-refractivity contribution in [3.8, 4) is 0 Å². The number of halogens is 1. The van der Waals surface area contributed by atoms with Gasteiger partial charge in [-0.05, 0) is 51.9 Å². The lowest BCUT2D eigenvalue weighted by molar-refractivity contribution is 0.173. The summed E-state index contributed by atoms with van der Waals surface area (Å²) in [6.07, 6.45) is 8.23. The summed E-state index contributed by atoms with van der Waals surface area (Å²) in [5.74, 6) is 0. The average Bonchev–Trinajstić information content (AvgIpc) is 2.51. The minimum Gasteiger partial charge on any atom is -0.396 e. The summed E-state index contributed by atoms with van der Waals surface area (Å²) in [6, 6.07) is 0. The van der Waals surface area contributed by atoms with Crippen LogP contribution in [0.1, 0.15) is 38.5 Å². The third-order valence-corrected chi connectivity index (χ3v) is 3.51. The van der Waals surface area contributed by atoms with E-state index in [0.29, 0.717) is 11.9 Å². The van der Waals surface area contributed by atoms with Crippen LogP contribution in [0.15, 0.2) is 0 Å². The maximum absolute atomic E-state index is 8.58. The Balaban J connectivity index is 0.000000281. The second-order valence-electron chi connectivity index (χ2n) is 4.85. The van der Waals surface area contributed by atoms with Gasteiger partial charge in [0, 0.05) is 11.9 Å². The van der Waals surface area contributed by atoms with Crippen molar-refractivity contribution in [2.75, 3.05) is 51.3 Å². The van der Waals surface area contributed by atoms with Crippen LogP contribution in [-0.4, -0.2) is 66.4 Å². The number of aliphatic hydroxyl groups excluding tert-OH is 2. The molecule has 19 heavy (non-hydrogen) atoms. The highest BCUT2D eigenvalue weighted by Crippen LogP contribution is 2.06. The Morgan fingerprint density at radius 2 is 1.37 bits per heavy atom. The average molecular weight is 339 g/mol. The largest absolute Gasteiger partial charge is 0.396 e. The van der Waals surface area contributed by atoms with Crippen LogP contribution in [0.4, 0.5) is 0 Å². The molecule has 2 rings (SSSR count). The van der Waals surface area contributed by atoms with Crippen molar-refractivity contribution < 1.29 is 10.2 Å². The van der Waals surface area contributed by atoms with Crippen molar-refractivity contribution in [1.29, 1.82) is 0 Å². The highest BCUT2D eigenvalue weighted by molar-refractivity contribution is 9.09. The van der Waals surface area contributed by atoms with Crippen molar-refractivity contribution in [2.45, 2.75) is 38.5 Å². The number of likely N-dealkylation sites (tertiary alicyclic amines) is 1. The molecule has 0 aliphatic carbocycles. The van der Waals surface area contributed by atoms with Gasteiger partial charge in [-0.25, -0.2) is 0 Å². The second-order valence-corrected chi connectivity index (χ2v) is 5.64. The van der Waals surface area contributed by atoms with Gasteiger partial charge >= 0.3 is 0 Å². The van der Waals surface area contributed by atoms with Crippen molar-refractivity contribution in [2.24, 2.45) is 0 Å². The summed E-state index contributed by atoms with van der Waals surface area (Å²) in [7, 11) is 0. The van der Waals surface area contributed by atoms with E-state index in [1.54, 1.807) is 0 Å². The number of β-amino-alcohol motifs (C(OH)–C–C–N with tert-alkyl or cyclic N) is 1. The maximum Gasteiger partial charge on any atom is 0.0558 e. The van der Waals surface area contributed by atoms with Gasteiger partial charge < -0.3 is 20.4 Å². The first-order chi connectivity index (χ1) is 9.35. The molecule has 5 heteroatoms. The minimum atomic E-state index is 0.236. The number of aliphatic hydroxyl groups is 2. The number of alkyl halides is 1. The Morgan fingerprint density at radius 3 is 1.68 bits per heavy atom. The molecule has 0 atom stereocenters. The summed E-state index contributed by atoms with van der Waals surface area (Å²) in [6.45, 7) is 6.32. The van der Waals surface area contributed by atoms with Crippen molar-refractivity contribution in [3.05, 3.63) is 0 Å². The fourth-order valence-corrected chi connectivity index (χ4v) is 2.13. The third kappa shape index (κ3) is 14.5. The van der Waals surface area contributed by atoms with E-state index in [2.05, 4.69) is 26.1 Å². The van der Waals surface area contributed by atoms with Gasteiger partial charge in [0.1, 0.15) is 0 Å². The first-order valence-corrected chi connectivity index (χ1v) is 8.68. The van der Waals surface area contributed by atoms with Crippen molar-refractivity contribution >= 4 is 15.9 Å². The van der Waals surface area contributed by atoms with E-state index in [4.69, 9.17) is 10.2 Å². The molecule has 0 aromatic rings. The molecular formula is C14H31BrN2O2. The normalized spacial score (nSPS) is 19.7. The zero-order valence-corrected chi connectivity index (χ0v) is 13.7. The zero-order chi connectivity index (χ0) is 14.2. The van der Waals surface area contributed by atoms with Gasteiger partial charge in [-0.15, -0.1) is 0 Å². The summed E-state index contributed by atoms with van der Waals surface area (Å²) in [4.78, 5) is 2.32. The predicted molar refractivity (Wildman–Crippen MR) is 85.0 cm³/mol. The van der Waals surface area contributed by atoms with Crippen LogP contribution in [0.5, 0.6) is 0 Å².